The van der Waals surface area contributed by atoms with Gasteiger partial charge in [0.2, 0.25) is 0 Å². The van der Waals surface area contributed by atoms with Crippen LogP contribution in [0.4, 0.5) is 17.6 Å². The lowest BCUT2D eigenvalue weighted by atomic mass is 10.0. The normalized spacial score (nSPS) is 10.5. The third-order valence-corrected chi connectivity index (χ3v) is 6.49. The van der Waals surface area contributed by atoms with Crippen molar-refractivity contribution in [3.8, 4) is 45.3 Å². The van der Waals surface area contributed by atoms with E-state index in [0.29, 0.717) is 34.8 Å². The van der Waals surface area contributed by atoms with Crippen LogP contribution in [-0.4, -0.2) is 11.9 Å². The second kappa shape index (κ2) is 15.9. The Bertz CT molecular complexity index is 1790. The molecule has 0 aromatic heterocycles. The van der Waals surface area contributed by atoms with Crippen LogP contribution in [-0.2, 0) is 9.59 Å². The van der Waals surface area contributed by atoms with Gasteiger partial charge in [0.1, 0.15) is 23.0 Å². The minimum absolute atomic E-state index is 0.0557. The van der Waals surface area contributed by atoms with E-state index in [1.54, 1.807) is 36.4 Å². The maximum absolute atomic E-state index is 12.8. The molecular formula is C38H28F4O6. The molecule has 0 spiro atoms. The van der Waals surface area contributed by atoms with Crippen molar-refractivity contribution in [1.29, 1.82) is 0 Å². The number of carbonyl (C=O) groups is 2. The van der Waals surface area contributed by atoms with Gasteiger partial charge in [0.15, 0.2) is 12.5 Å². The minimum atomic E-state index is -2.03. The van der Waals surface area contributed by atoms with E-state index in [1.807, 2.05) is 36.4 Å². The fourth-order valence-corrected chi connectivity index (χ4v) is 4.15. The highest BCUT2D eigenvalue weighted by Crippen LogP contribution is 2.36. The summed E-state index contributed by atoms with van der Waals surface area (Å²) < 4.78 is 71.9. The maximum atomic E-state index is 12.8. The molecule has 0 fully saturated rings. The van der Waals surface area contributed by atoms with Gasteiger partial charge < -0.3 is 18.9 Å². The molecule has 4 rings (SSSR count). The van der Waals surface area contributed by atoms with Crippen LogP contribution in [0.15, 0.2) is 134 Å². The highest BCUT2D eigenvalue weighted by Gasteiger charge is 2.14. The van der Waals surface area contributed by atoms with Gasteiger partial charge in [0.05, 0.1) is 0 Å². The van der Waals surface area contributed by atoms with Crippen molar-refractivity contribution in [3.63, 3.8) is 0 Å². The monoisotopic (exact) mass is 656 g/mol. The molecule has 0 aliphatic heterocycles. The number of benzene rings is 4. The van der Waals surface area contributed by atoms with Gasteiger partial charge in [-0.05, 0) is 60.4 Å². The van der Waals surface area contributed by atoms with Gasteiger partial charge in [-0.1, -0.05) is 73.8 Å². The zero-order chi connectivity index (χ0) is 34.8. The molecule has 6 nitrogen and oxygen atoms in total. The topological polar surface area (TPSA) is 71.1 Å². The first kappa shape index (κ1) is 34.7. The van der Waals surface area contributed by atoms with Crippen LogP contribution in [0.5, 0.6) is 23.0 Å². The molecule has 48 heavy (non-hydrogen) atoms. The molecule has 4 aromatic carbocycles. The van der Waals surface area contributed by atoms with Crippen molar-refractivity contribution in [1.82, 2.24) is 0 Å². The lowest BCUT2D eigenvalue weighted by molar-refractivity contribution is -0.130. The van der Waals surface area contributed by atoms with Crippen LogP contribution in [0.1, 0.15) is 25.0 Å². The van der Waals surface area contributed by atoms with Crippen molar-refractivity contribution >= 4 is 24.1 Å². The van der Waals surface area contributed by atoms with E-state index in [-0.39, 0.29) is 34.1 Å². The zero-order valence-corrected chi connectivity index (χ0v) is 25.8. The van der Waals surface area contributed by atoms with Crippen molar-refractivity contribution in [2.75, 3.05) is 0 Å². The quantitative estimate of drug-likeness (QED) is 0.0377. The van der Waals surface area contributed by atoms with Crippen molar-refractivity contribution in [2.45, 2.75) is 13.8 Å². The minimum Gasteiger partial charge on any atom is -0.459 e. The first-order chi connectivity index (χ1) is 22.9. The number of hydrogen-bond acceptors (Lipinski definition) is 6. The molecule has 0 aliphatic carbocycles. The standard InChI is InChI=1S/C38H28F4O6/c1-23(2)37(43)47-29-15-17-31(33(19-29)45-21-35(39)40)27-11-7-25(8-12-27)5-6-26-9-13-28(14-10-26)32-18-16-30(48-38(44)24(3)4)20-34(32)46-22-36(41)42/h5-22H,1,3H2,2,4H3/b6-5+. The highest BCUT2D eigenvalue weighted by molar-refractivity contribution is 5.89. The SMILES string of the molecule is C=C(C)C(=O)Oc1ccc(-c2ccc(/C=C/c3ccc(-c4ccc(OC(=O)C(=C)C)cc4OC=C(F)F)cc3)cc2)c(OC=C(F)F)c1. The molecule has 4 aromatic rings. The lowest BCUT2D eigenvalue weighted by Gasteiger charge is -2.12. The van der Waals surface area contributed by atoms with E-state index in [4.69, 9.17) is 18.9 Å². The molecule has 0 saturated heterocycles. The average molecular weight is 657 g/mol. The summed E-state index contributed by atoms with van der Waals surface area (Å²) in [7, 11) is 0. The van der Waals surface area contributed by atoms with Crippen LogP contribution in [0, 0.1) is 0 Å². The number of rotatable bonds is 12. The van der Waals surface area contributed by atoms with Crippen molar-refractivity contribution in [3.05, 3.63) is 145 Å². The largest absolute Gasteiger partial charge is 0.459 e. The first-order valence-electron chi connectivity index (χ1n) is 14.2. The van der Waals surface area contributed by atoms with Crippen LogP contribution < -0.4 is 18.9 Å². The Balaban J connectivity index is 1.52. The predicted molar refractivity (Wildman–Crippen MR) is 175 cm³/mol. The van der Waals surface area contributed by atoms with Crippen LogP contribution in [0.2, 0.25) is 0 Å². The second-order valence-electron chi connectivity index (χ2n) is 10.3. The lowest BCUT2D eigenvalue weighted by Crippen LogP contribution is -2.08. The Morgan fingerprint density at radius 3 is 1.23 bits per heavy atom. The molecule has 0 saturated carbocycles. The first-order valence-corrected chi connectivity index (χ1v) is 14.2. The number of ether oxygens (including phenoxy) is 4. The molecule has 0 amide bonds. The molecule has 10 heteroatoms. The predicted octanol–water partition coefficient (Wildman–Crippen LogP) is 10.4. The van der Waals surface area contributed by atoms with Gasteiger partial charge in [-0.25, -0.2) is 9.59 Å². The van der Waals surface area contributed by atoms with Crippen LogP contribution >= 0.6 is 0 Å². The summed E-state index contributed by atoms with van der Waals surface area (Å²) in [6, 6.07) is 23.4. The molecule has 0 radical (unpaired) electrons. The molecule has 0 unspecified atom stereocenters. The van der Waals surface area contributed by atoms with Crippen LogP contribution in [0.25, 0.3) is 34.4 Å². The zero-order valence-electron chi connectivity index (χ0n) is 25.8. The van der Waals surface area contributed by atoms with Gasteiger partial charge >= 0.3 is 24.1 Å². The summed E-state index contributed by atoms with van der Waals surface area (Å²) in [5.74, 6) is -0.998. The summed E-state index contributed by atoms with van der Waals surface area (Å²) in [4.78, 5) is 23.8. The average Bonchev–Trinajstić information content (AvgIpc) is 3.06. The Morgan fingerprint density at radius 1 is 0.562 bits per heavy atom. The van der Waals surface area contributed by atoms with Crippen molar-refractivity contribution < 1.29 is 46.1 Å². The van der Waals surface area contributed by atoms with E-state index in [1.165, 1.54) is 38.1 Å². The molecule has 0 aliphatic rings. The molecule has 0 heterocycles. The molecular weight excluding hydrogens is 628 g/mol. The van der Waals surface area contributed by atoms with Gasteiger partial charge in [-0.3, -0.25) is 0 Å². The molecule has 0 atom stereocenters. The fourth-order valence-electron chi connectivity index (χ4n) is 4.15. The Morgan fingerprint density at radius 2 is 0.917 bits per heavy atom. The molecule has 0 bridgehead atoms. The van der Waals surface area contributed by atoms with Crippen molar-refractivity contribution in [2.24, 2.45) is 0 Å². The van der Waals surface area contributed by atoms with Crippen LogP contribution in [0.3, 0.4) is 0 Å². The number of hydrogen-bond donors (Lipinski definition) is 0. The Labute approximate surface area is 274 Å². The molecule has 244 valence electrons. The number of esters is 2. The van der Waals surface area contributed by atoms with E-state index >= 15 is 0 Å². The summed E-state index contributed by atoms with van der Waals surface area (Å²) in [6.45, 7) is 10.0. The van der Waals surface area contributed by atoms with E-state index < -0.39 is 24.1 Å². The van der Waals surface area contributed by atoms with E-state index in [9.17, 15) is 27.2 Å². The highest BCUT2D eigenvalue weighted by atomic mass is 19.3. The van der Waals surface area contributed by atoms with Gasteiger partial charge in [-0.15, -0.1) is 0 Å². The smallest absolute Gasteiger partial charge is 0.338 e. The maximum Gasteiger partial charge on any atom is 0.338 e. The summed E-state index contributed by atoms with van der Waals surface area (Å²) in [6.07, 6.45) is 0.277. The summed E-state index contributed by atoms with van der Waals surface area (Å²) >= 11 is 0. The second-order valence-corrected chi connectivity index (χ2v) is 10.3. The third kappa shape index (κ3) is 9.67. The summed E-state index contributed by atoms with van der Waals surface area (Å²) in [5, 5.41) is 0. The van der Waals surface area contributed by atoms with E-state index in [0.717, 1.165) is 11.1 Å². The fraction of sp³-hybridized carbons (Fsp3) is 0.0526. The number of halogens is 4. The van der Waals surface area contributed by atoms with Gasteiger partial charge in [-0.2, -0.15) is 17.6 Å². The van der Waals surface area contributed by atoms with Gasteiger partial charge in [0, 0.05) is 34.4 Å². The van der Waals surface area contributed by atoms with E-state index in [2.05, 4.69) is 13.2 Å². The summed E-state index contributed by atoms with van der Waals surface area (Å²) in [5.41, 5.74) is 4.33. The van der Waals surface area contributed by atoms with Gasteiger partial charge in [0.25, 0.3) is 0 Å². The Kier molecular flexibility index (Phi) is 11.5. The Hall–Kier alpha value is -6.16. The third-order valence-electron chi connectivity index (χ3n) is 6.49. The number of carbonyl (C=O) groups excluding carboxylic acids is 2. The molecule has 0 N–H and O–H groups in total.